The van der Waals surface area contributed by atoms with E-state index in [1.54, 1.807) is 6.07 Å². The summed E-state index contributed by atoms with van der Waals surface area (Å²) in [6, 6.07) is 1.70. The number of carbonyl (C=O) groups excluding carboxylic acids is 1. The maximum Gasteiger partial charge on any atom is 0.217 e. The van der Waals surface area contributed by atoms with Crippen molar-refractivity contribution in [3.63, 3.8) is 0 Å². The van der Waals surface area contributed by atoms with Crippen molar-refractivity contribution in [2.75, 3.05) is 13.2 Å². The predicted molar refractivity (Wildman–Crippen MR) is 40.7 cm³/mol. The van der Waals surface area contributed by atoms with Crippen molar-refractivity contribution in [2.24, 2.45) is 0 Å². The lowest BCUT2D eigenvalue weighted by atomic mass is 10.4. The van der Waals surface area contributed by atoms with Crippen molar-refractivity contribution < 1.29 is 14.3 Å². The average Bonchev–Trinajstić information content (AvgIpc) is 2.46. The van der Waals surface area contributed by atoms with Gasteiger partial charge in [0.2, 0.25) is 5.06 Å². The first kappa shape index (κ1) is 6.67. The Morgan fingerprint density at radius 3 is 3.00 bits per heavy atom. The van der Waals surface area contributed by atoms with Gasteiger partial charge >= 0.3 is 0 Å². The molecule has 0 saturated carbocycles. The number of thiophene rings is 1. The fraction of sp³-hybridized carbons (Fsp3) is 0.286. The van der Waals surface area contributed by atoms with Crippen LogP contribution in [0.5, 0.6) is 10.8 Å². The van der Waals surface area contributed by atoms with E-state index in [0.717, 1.165) is 11.3 Å². The van der Waals surface area contributed by atoms with Gasteiger partial charge in [-0.05, 0) is 0 Å². The van der Waals surface area contributed by atoms with Crippen molar-refractivity contribution in [1.82, 2.24) is 0 Å². The Labute approximate surface area is 67.5 Å². The van der Waals surface area contributed by atoms with Crippen LogP contribution < -0.4 is 9.47 Å². The Morgan fingerprint density at radius 2 is 2.27 bits per heavy atom. The molecule has 11 heavy (non-hydrogen) atoms. The molecule has 1 aliphatic heterocycles. The van der Waals surface area contributed by atoms with Gasteiger partial charge in [-0.2, -0.15) is 0 Å². The average molecular weight is 170 g/mol. The minimum Gasteiger partial charge on any atom is -0.485 e. The van der Waals surface area contributed by atoms with Crippen LogP contribution in [0.25, 0.3) is 0 Å². The summed E-state index contributed by atoms with van der Waals surface area (Å²) in [4.78, 5) is 11.0. The Morgan fingerprint density at radius 1 is 1.45 bits per heavy atom. The van der Waals surface area contributed by atoms with Crippen molar-refractivity contribution >= 4 is 17.6 Å². The zero-order valence-corrected chi connectivity index (χ0v) is 6.52. The van der Waals surface area contributed by atoms with Gasteiger partial charge in [-0.25, -0.2) is 0 Å². The Kier molecular flexibility index (Phi) is 1.54. The van der Waals surface area contributed by atoms with Crippen LogP contribution >= 0.6 is 11.3 Å². The molecule has 1 aromatic rings. The Hall–Kier alpha value is -1.03. The fourth-order valence-electron chi connectivity index (χ4n) is 0.920. The maximum absolute atomic E-state index is 10.3. The minimum absolute atomic E-state index is 0.571. The number of ether oxygens (including phenoxy) is 2. The van der Waals surface area contributed by atoms with E-state index in [1.807, 2.05) is 0 Å². The van der Waals surface area contributed by atoms with E-state index in [9.17, 15) is 4.79 Å². The summed E-state index contributed by atoms with van der Waals surface area (Å²) in [5, 5.41) is 0.721. The lowest BCUT2D eigenvalue weighted by molar-refractivity contribution is 0.112. The molecule has 0 saturated heterocycles. The second-order valence-corrected chi connectivity index (χ2v) is 3.16. The highest BCUT2D eigenvalue weighted by atomic mass is 32.1. The Balaban J connectivity index is 2.39. The summed E-state index contributed by atoms with van der Waals surface area (Å²) < 4.78 is 10.5. The third kappa shape index (κ3) is 1.09. The van der Waals surface area contributed by atoms with E-state index in [-0.39, 0.29) is 0 Å². The molecule has 0 atom stereocenters. The zero-order chi connectivity index (χ0) is 7.68. The molecule has 4 heteroatoms. The van der Waals surface area contributed by atoms with Gasteiger partial charge in [0.05, 0.1) is 4.88 Å². The minimum atomic E-state index is 0.571. The van der Waals surface area contributed by atoms with Crippen LogP contribution in [0.2, 0.25) is 0 Å². The number of rotatable bonds is 1. The quantitative estimate of drug-likeness (QED) is 0.596. The number of aldehydes is 1. The largest absolute Gasteiger partial charge is 0.485 e. The molecule has 2 rings (SSSR count). The summed E-state index contributed by atoms with van der Waals surface area (Å²) in [6.45, 7) is 1.15. The van der Waals surface area contributed by atoms with Crippen molar-refractivity contribution in [3.8, 4) is 10.8 Å². The summed E-state index contributed by atoms with van der Waals surface area (Å²) in [5.41, 5.74) is 0. The molecule has 0 amide bonds. The highest BCUT2D eigenvalue weighted by molar-refractivity contribution is 7.15. The van der Waals surface area contributed by atoms with Gasteiger partial charge in [-0.3, -0.25) is 4.79 Å². The maximum atomic E-state index is 10.3. The summed E-state index contributed by atoms with van der Waals surface area (Å²) >= 11 is 1.32. The first-order valence-electron chi connectivity index (χ1n) is 3.25. The molecule has 0 aromatic carbocycles. The van der Waals surface area contributed by atoms with Gasteiger partial charge in [0.1, 0.15) is 13.2 Å². The fourth-order valence-corrected chi connectivity index (χ4v) is 1.71. The van der Waals surface area contributed by atoms with Crippen LogP contribution in [0.3, 0.4) is 0 Å². The van der Waals surface area contributed by atoms with Crippen LogP contribution in [-0.2, 0) is 0 Å². The third-order valence-corrected chi connectivity index (χ3v) is 2.33. The van der Waals surface area contributed by atoms with Crippen molar-refractivity contribution in [2.45, 2.75) is 0 Å². The van der Waals surface area contributed by atoms with Gasteiger partial charge in [-0.1, -0.05) is 11.3 Å². The molecule has 0 bridgehead atoms. The first-order valence-corrected chi connectivity index (χ1v) is 4.06. The van der Waals surface area contributed by atoms with Crippen LogP contribution in [0.1, 0.15) is 9.67 Å². The van der Waals surface area contributed by atoms with Gasteiger partial charge in [0, 0.05) is 6.07 Å². The summed E-state index contributed by atoms with van der Waals surface area (Å²) in [5.74, 6) is 0.698. The molecule has 0 unspecified atom stereocenters. The second kappa shape index (κ2) is 2.54. The molecule has 0 N–H and O–H groups in total. The molecule has 1 aliphatic rings. The summed E-state index contributed by atoms with van der Waals surface area (Å²) in [7, 11) is 0. The second-order valence-electron chi connectivity index (χ2n) is 2.12. The number of hydrogen-bond donors (Lipinski definition) is 0. The normalized spacial score (nSPS) is 14.5. The number of fused-ring (bicyclic) bond motifs is 1. The van der Waals surface area contributed by atoms with Crippen LogP contribution in [0, 0.1) is 0 Å². The number of carbonyl (C=O) groups is 1. The molecule has 0 aliphatic carbocycles. The SMILES string of the molecule is O=Cc1cc2c(s1)OCCO2. The van der Waals surface area contributed by atoms with E-state index in [0.29, 0.717) is 23.8 Å². The van der Waals surface area contributed by atoms with E-state index in [1.165, 1.54) is 11.3 Å². The first-order chi connectivity index (χ1) is 5.40. The highest BCUT2D eigenvalue weighted by Gasteiger charge is 2.15. The molecular formula is C7H6O3S. The molecule has 0 radical (unpaired) electrons. The lowest BCUT2D eigenvalue weighted by Gasteiger charge is -2.13. The monoisotopic (exact) mass is 170 g/mol. The smallest absolute Gasteiger partial charge is 0.217 e. The van der Waals surface area contributed by atoms with E-state index >= 15 is 0 Å². The topological polar surface area (TPSA) is 35.5 Å². The van der Waals surface area contributed by atoms with Crippen LogP contribution in [0.15, 0.2) is 6.07 Å². The van der Waals surface area contributed by atoms with E-state index in [4.69, 9.17) is 9.47 Å². The van der Waals surface area contributed by atoms with Crippen molar-refractivity contribution in [3.05, 3.63) is 10.9 Å². The predicted octanol–water partition coefficient (Wildman–Crippen LogP) is 1.33. The third-order valence-electron chi connectivity index (χ3n) is 1.38. The van der Waals surface area contributed by atoms with Gasteiger partial charge < -0.3 is 9.47 Å². The van der Waals surface area contributed by atoms with Gasteiger partial charge in [0.25, 0.3) is 0 Å². The lowest BCUT2D eigenvalue weighted by Crippen LogP contribution is -2.13. The molecule has 58 valence electrons. The highest BCUT2D eigenvalue weighted by Crippen LogP contribution is 2.38. The summed E-state index contributed by atoms with van der Waals surface area (Å²) in [6.07, 6.45) is 0.801. The zero-order valence-electron chi connectivity index (χ0n) is 5.70. The standard InChI is InChI=1S/C7H6O3S/c8-4-5-3-6-7(11-5)10-2-1-9-6/h3-4H,1-2H2. The molecule has 3 nitrogen and oxygen atoms in total. The van der Waals surface area contributed by atoms with E-state index < -0.39 is 0 Å². The Bertz CT molecular complexity index is 256. The molecule has 0 spiro atoms. The van der Waals surface area contributed by atoms with Gasteiger partial charge in [-0.15, -0.1) is 0 Å². The molecule has 1 aromatic heterocycles. The van der Waals surface area contributed by atoms with Crippen molar-refractivity contribution in [1.29, 1.82) is 0 Å². The van der Waals surface area contributed by atoms with Crippen LogP contribution in [-0.4, -0.2) is 19.5 Å². The number of hydrogen-bond acceptors (Lipinski definition) is 4. The van der Waals surface area contributed by atoms with E-state index in [2.05, 4.69) is 0 Å². The van der Waals surface area contributed by atoms with Crippen LogP contribution in [0.4, 0.5) is 0 Å². The molecule has 2 heterocycles. The molecular weight excluding hydrogens is 164 g/mol. The van der Waals surface area contributed by atoms with Gasteiger partial charge in [0.15, 0.2) is 12.0 Å². The molecule has 0 fully saturated rings.